The van der Waals surface area contributed by atoms with Gasteiger partial charge in [0, 0.05) is 36.2 Å². The van der Waals surface area contributed by atoms with Gasteiger partial charge < -0.3 is 19.5 Å². The van der Waals surface area contributed by atoms with Gasteiger partial charge >= 0.3 is 0 Å². The molecule has 7 nitrogen and oxygen atoms in total. The van der Waals surface area contributed by atoms with E-state index in [1.165, 1.54) is 13.8 Å². The lowest BCUT2D eigenvalue weighted by Crippen LogP contribution is -2.45. The zero-order chi connectivity index (χ0) is 25.8. The molecule has 1 saturated heterocycles. The molecule has 1 spiro atoms. The summed E-state index contributed by atoms with van der Waals surface area (Å²) in [6.45, 7) is 8.58. The van der Waals surface area contributed by atoms with Gasteiger partial charge in [0.25, 0.3) is 11.8 Å². The molecule has 0 aliphatic carbocycles. The number of nitrogens with zero attached hydrogens (tertiary/aromatic N) is 2. The molecule has 190 valence electrons. The summed E-state index contributed by atoms with van der Waals surface area (Å²) < 4.78 is 27.6. The molecule has 2 aromatic carbocycles. The number of halogens is 1. The number of ether oxygens (including phenoxy) is 2. The number of aliphatic hydroxyl groups is 1. The van der Waals surface area contributed by atoms with Crippen LogP contribution in [0.2, 0.25) is 0 Å². The second-order valence-electron chi connectivity index (χ2n) is 10.2. The van der Waals surface area contributed by atoms with Crippen LogP contribution in [0, 0.1) is 11.8 Å². The summed E-state index contributed by atoms with van der Waals surface area (Å²) in [5.41, 5.74) is -0.686. The average molecular weight is 495 g/mol. The molecule has 0 bridgehead atoms. The molecule has 1 fully saturated rings. The van der Waals surface area contributed by atoms with Crippen LogP contribution in [0.3, 0.4) is 0 Å². The number of fused-ring (bicyclic) bond motifs is 3. The first-order valence-electron chi connectivity index (χ1n) is 12.2. The third-order valence-corrected chi connectivity index (χ3v) is 7.63. The van der Waals surface area contributed by atoms with Crippen LogP contribution in [0.5, 0.6) is 5.75 Å². The Hall–Kier alpha value is -3.23. The van der Waals surface area contributed by atoms with Crippen LogP contribution in [-0.4, -0.2) is 48.5 Å². The predicted octanol–water partition coefficient (Wildman–Crippen LogP) is 4.25. The first-order chi connectivity index (χ1) is 17.1. The minimum Gasteiger partial charge on any atom is -0.482 e. The molecule has 2 amide bonds. The lowest BCUT2D eigenvalue weighted by atomic mass is 9.71. The number of anilines is 3. The highest BCUT2D eigenvalue weighted by Gasteiger charge is 2.66. The van der Waals surface area contributed by atoms with E-state index in [-0.39, 0.29) is 38.0 Å². The zero-order valence-electron chi connectivity index (χ0n) is 20.7. The fraction of sp³-hybridized carbons (Fsp3) is 0.429. The Morgan fingerprint density at radius 3 is 2.67 bits per heavy atom. The topological polar surface area (TPSA) is 79.3 Å². The quantitative estimate of drug-likeness (QED) is 0.608. The first-order valence-corrected chi connectivity index (χ1v) is 12.2. The van der Waals surface area contributed by atoms with Crippen molar-refractivity contribution in [3.8, 4) is 5.75 Å². The van der Waals surface area contributed by atoms with Crippen LogP contribution >= 0.6 is 0 Å². The number of amides is 2. The second-order valence-corrected chi connectivity index (χ2v) is 10.2. The lowest BCUT2D eigenvalue weighted by Gasteiger charge is -2.33. The van der Waals surface area contributed by atoms with E-state index in [1.807, 2.05) is 19.1 Å². The van der Waals surface area contributed by atoms with Gasteiger partial charge in [-0.3, -0.25) is 14.5 Å². The summed E-state index contributed by atoms with van der Waals surface area (Å²) in [5.74, 6) is -1.09. The van der Waals surface area contributed by atoms with E-state index in [4.69, 9.17) is 9.47 Å². The van der Waals surface area contributed by atoms with Crippen molar-refractivity contribution in [2.24, 2.45) is 11.8 Å². The van der Waals surface area contributed by atoms with E-state index in [9.17, 15) is 14.7 Å². The van der Waals surface area contributed by atoms with Gasteiger partial charge in [0.2, 0.25) is 0 Å². The van der Waals surface area contributed by atoms with Gasteiger partial charge in [-0.1, -0.05) is 25.1 Å². The van der Waals surface area contributed by atoms with Crippen molar-refractivity contribution in [3.63, 3.8) is 0 Å². The van der Waals surface area contributed by atoms with Gasteiger partial charge in [-0.05, 0) is 50.6 Å². The van der Waals surface area contributed by atoms with Crippen LogP contribution in [-0.2, 0) is 19.9 Å². The molecule has 4 atom stereocenters. The number of carbonyl (C=O) groups is 2. The first kappa shape index (κ1) is 24.5. The molecule has 0 aromatic heterocycles. The molecule has 5 rings (SSSR count). The molecule has 0 saturated carbocycles. The van der Waals surface area contributed by atoms with Crippen molar-refractivity contribution in [3.05, 3.63) is 60.7 Å². The van der Waals surface area contributed by atoms with E-state index in [1.54, 1.807) is 46.2 Å². The Morgan fingerprint density at radius 1 is 1.22 bits per heavy atom. The number of para-hydroxylation sites is 2. The second kappa shape index (κ2) is 8.71. The average Bonchev–Trinajstić information content (AvgIpc) is 3.26. The Labute approximate surface area is 210 Å². The highest BCUT2D eigenvalue weighted by molar-refractivity contribution is 6.10. The van der Waals surface area contributed by atoms with Crippen molar-refractivity contribution in [1.29, 1.82) is 0 Å². The molecule has 3 aliphatic rings. The normalized spacial score (nSPS) is 27.3. The standard InChI is InChI=1S/C28H31FN2O5/c1-5-13-30-20-11-10-18(31-21-8-6-7-9-22(21)35-16-24(31)33)15-19(20)28(26(30)34)17(2)25(27(3,4)29)23(36-28)12-14-32/h5-11,15,17,23,25,32H,1,12-14,16H2,2-4H3/t17-,23+,25-,28+/m1/s1. The number of alkyl halides is 1. The van der Waals surface area contributed by atoms with Gasteiger partial charge in [-0.2, -0.15) is 0 Å². The van der Waals surface area contributed by atoms with E-state index in [2.05, 4.69) is 6.58 Å². The fourth-order valence-corrected chi connectivity index (χ4v) is 6.27. The minimum absolute atomic E-state index is 0.107. The van der Waals surface area contributed by atoms with Gasteiger partial charge in [0.05, 0.1) is 17.5 Å². The zero-order valence-corrected chi connectivity index (χ0v) is 20.7. The molecule has 0 unspecified atom stereocenters. The van der Waals surface area contributed by atoms with Crippen LogP contribution < -0.4 is 14.5 Å². The highest BCUT2D eigenvalue weighted by Crippen LogP contribution is 2.59. The highest BCUT2D eigenvalue weighted by atomic mass is 19.1. The molecule has 3 aliphatic heterocycles. The summed E-state index contributed by atoms with van der Waals surface area (Å²) in [4.78, 5) is 30.2. The maximum atomic E-state index is 15.5. The maximum Gasteiger partial charge on any atom is 0.269 e. The third-order valence-electron chi connectivity index (χ3n) is 7.63. The molecular weight excluding hydrogens is 463 g/mol. The van der Waals surface area contributed by atoms with Crippen LogP contribution in [0.15, 0.2) is 55.1 Å². The summed E-state index contributed by atoms with van der Waals surface area (Å²) in [5, 5.41) is 9.69. The maximum absolute atomic E-state index is 15.5. The number of carbonyl (C=O) groups excluding carboxylic acids is 2. The van der Waals surface area contributed by atoms with E-state index in [0.29, 0.717) is 28.4 Å². The molecule has 3 heterocycles. The Balaban J connectivity index is 1.69. The summed E-state index contributed by atoms with van der Waals surface area (Å²) in [7, 11) is 0. The number of aliphatic hydroxyl groups excluding tert-OH is 1. The SMILES string of the molecule is C=CCN1C(=O)[C@@]2(O[C@@H](CCO)[C@H](C(C)(C)F)[C@H]2C)c2cc(N3C(=O)COc4ccccc43)ccc21. The third kappa shape index (κ3) is 3.46. The number of hydrogen-bond acceptors (Lipinski definition) is 5. The predicted molar refractivity (Wildman–Crippen MR) is 134 cm³/mol. The molecule has 8 heteroatoms. The minimum atomic E-state index is -1.65. The summed E-state index contributed by atoms with van der Waals surface area (Å²) in [6, 6.07) is 12.7. The molecule has 2 aromatic rings. The number of hydrogen-bond donors (Lipinski definition) is 1. The van der Waals surface area contributed by atoms with Crippen molar-refractivity contribution in [1.82, 2.24) is 0 Å². The molecular formula is C28H31FN2O5. The van der Waals surface area contributed by atoms with E-state index < -0.39 is 29.2 Å². The van der Waals surface area contributed by atoms with E-state index in [0.717, 1.165) is 0 Å². The largest absolute Gasteiger partial charge is 0.482 e. The van der Waals surface area contributed by atoms with Crippen LogP contribution in [0.1, 0.15) is 32.8 Å². The Bertz CT molecular complexity index is 1220. The van der Waals surface area contributed by atoms with Crippen molar-refractivity contribution >= 4 is 28.9 Å². The fourth-order valence-electron chi connectivity index (χ4n) is 6.27. The van der Waals surface area contributed by atoms with Gasteiger partial charge in [-0.25, -0.2) is 4.39 Å². The van der Waals surface area contributed by atoms with Crippen molar-refractivity contribution in [2.75, 3.05) is 29.6 Å². The monoisotopic (exact) mass is 494 g/mol. The smallest absolute Gasteiger partial charge is 0.269 e. The van der Waals surface area contributed by atoms with E-state index >= 15 is 4.39 Å². The Morgan fingerprint density at radius 2 is 1.97 bits per heavy atom. The van der Waals surface area contributed by atoms with Crippen molar-refractivity contribution in [2.45, 2.75) is 44.6 Å². The van der Waals surface area contributed by atoms with Crippen LogP contribution in [0.25, 0.3) is 0 Å². The number of rotatable bonds is 6. The molecule has 36 heavy (non-hydrogen) atoms. The van der Waals surface area contributed by atoms with Gasteiger partial charge in [0.1, 0.15) is 11.4 Å². The van der Waals surface area contributed by atoms with Crippen molar-refractivity contribution < 1.29 is 28.6 Å². The Kier molecular flexibility index (Phi) is 5.92. The molecule has 0 radical (unpaired) electrons. The molecule has 1 N–H and O–H groups in total. The van der Waals surface area contributed by atoms with Gasteiger partial charge in [-0.15, -0.1) is 6.58 Å². The van der Waals surface area contributed by atoms with Gasteiger partial charge in [0.15, 0.2) is 12.2 Å². The lowest BCUT2D eigenvalue weighted by molar-refractivity contribution is -0.146. The summed E-state index contributed by atoms with van der Waals surface area (Å²) in [6.07, 6.45) is 1.20. The van der Waals surface area contributed by atoms with Crippen LogP contribution in [0.4, 0.5) is 21.5 Å². The summed E-state index contributed by atoms with van der Waals surface area (Å²) >= 11 is 0. The number of benzene rings is 2.